The van der Waals surface area contributed by atoms with Gasteiger partial charge in [-0.05, 0) is 33.8 Å². The molecule has 1 aromatic heterocycles. The molecule has 0 radical (unpaired) electrons. The summed E-state index contributed by atoms with van der Waals surface area (Å²) in [7, 11) is 3.11. The lowest BCUT2D eigenvalue weighted by atomic mass is 10.2. The van der Waals surface area contributed by atoms with Gasteiger partial charge < -0.3 is 15.0 Å². The first kappa shape index (κ1) is 19.0. The lowest BCUT2D eigenvalue weighted by molar-refractivity contribution is -0.136. The molecule has 0 saturated heterocycles. The Bertz CT molecular complexity index is 527. The molecular weight excluding hydrogens is 320 g/mol. The fourth-order valence-electron chi connectivity index (χ4n) is 2.35. The summed E-state index contributed by atoms with van der Waals surface area (Å²) in [6.45, 7) is 8.77. The van der Waals surface area contributed by atoms with E-state index in [0.717, 1.165) is 22.7 Å². The molecule has 7 heteroatoms. The van der Waals surface area contributed by atoms with Gasteiger partial charge in [0, 0.05) is 35.5 Å². The summed E-state index contributed by atoms with van der Waals surface area (Å²) >= 11 is 0. The van der Waals surface area contributed by atoms with Crippen molar-refractivity contribution in [2.45, 2.75) is 40.2 Å². The maximum atomic E-state index is 12.2. The Kier molecular flexibility index (Phi) is 7.89. The third-order valence-corrected chi connectivity index (χ3v) is 5.61. The van der Waals surface area contributed by atoms with Crippen molar-refractivity contribution < 1.29 is 14.7 Å². The average Bonchev–Trinajstić information content (AvgIpc) is 2.72. The number of carboxylic acids is 1. The minimum absolute atomic E-state index is 0.0452. The summed E-state index contributed by atoms with van der Waals surface area (Å²) in [4.78, 5) is 22.6. The summed E-state index contributed by atoms with van der Waals surface area (Å²) in [5.41, 5.74) is 2.82. The van der Waals surface area contributed by atoms with E-state index in [0.29, 0.717) is 18.3 Å². The van der Waals surface area contributed by atoms with Gasteiger partial charge in [0.2, 0.25) is 0 Å². The number of aryl methyl sites for hydroxylation is 1. The van der Waals surface area contributed by atoms with Crippen LogP contribution in [-0.4, -0.2) is 39.6 Å². The summed E-state index contributed by atoms with van der Waals surface area (Å²) in [5, 5.41) is 11.4. The van der Waals surface area contributed by atoms with E-state index in [1.807, 2.05) is 19.9 Å². The van der Waals surface area contributed by atoms with Gasteiger partial charge >= 0.3 is 5.97 Å². The monoisotopic (exact) mass is 344 g/mol. The molecule has 22 heavy (non-hydrogen) atoms. The lowest BCUT2D eigenvalue weighted by Crippen LogP contribution is -2.26. The summed E-state index contributed by atoms with van der Waals surface area (Å²) in [6, 6.07) is 2.27. The minimum Gasteiger partial charge on any atom is -0.481 e. The Hall–Kier alpha value is -1.08. The van der Waals surface area contributed by atoms with Gasteiger partial charge in [0.25, 0.3) is 5.91 Å². The van der Waals surface area contributed by atoms with Crippen LogP contribution in [0.3, 0.4) is 0 Å². The fourth-order valence-corrected chi connectivity index (χ4v) is 4.24. The molecule has 1 aromatic rings. The van der Waals surface area contributed by atoms with E-state index in [4.69, 9.17) is 5.11 Å². The lowest BCUT2D eigenvalue weighted by Gasteiger charge is -2.13. The van der Waals surface area contributed by atoms with E-state index in [-0.39, 0.29) is 12.3 Å². The number of hydrogen-bond donors (Lipinski definition) is 2. The SMILES string of the molecule is Cc1cc(C(=O)NCCSSCCC(=O)O)c(C)n1C(C)C. The molecule has 0 aliphatic carbocycles. The van der Waals surface area contributed by atoms with Crippen molar-refractivity contribution in [3.05, 3.63) is 23.0 Å². The maximum Gasteiger partial charge on any atom is 0.304 e. The molecule has 0 aliphatic rings. The number of aromatic nitrogens is 1. The number of rotatable bonds is 9. The molecule has 0 aromatic carbocycles. The molecular formula is C15H24N2O3S2. The van der Waals surface area contributed by atoms with E-state index < -0.39 is 5.97 Å². The zero-order valence-corrected chi connectivity index (χ0v) is 15.1. The fraction of sp³-hybridized carbons (Fsp3) is 0.600. The van der Waals surface area contributed by atoms with Crippen LogP contribution in [0.2, 0.25) is 0 Å². The Morgan fingerprint density at radius 3 is 2.45 bits per heavy atom. The Morgan fingerprint density at radius 2 is 1.91 bits per heavy atom. The van der Waals surface area contributed by atoms with E-state index in [1.54, 1.807) is 10.8 Å². The van der Waals surface area contributed by atoms with Crippen LogP contribution in [0.5, 0.6) is 0 Å². The zero-order valence-electron chi connectivity index (χ0n) is 13.5. The molecule has 1 rings (SSSR count). The second-order valence-corrected chi connectivity index (χ2v) is 7.99. The Balaban J connectivity index is 2.37. The molecule has 0 aliphatic heterocycles. The molecule has 0 saturated carbocycles. The van der Waals surface area contributed by atoms with Crippen LogP contribution < -0.4 is 5.32 Å². The number of amides is 1. The largest absolute Gasteiger partial charge is 0.481 e. The molecule has 0 spiro atoms. The van der Waals surface area contributed by atoms with Crippen molar-refractivity contribution in [2.24, 2.45) is 0 Å². The van der Waals surface area contributed by atoms with Crippen LogP contribution in [0.15, 0.2) is 6.07 Å². The van der Waals surface area contributed by atoms with Crippen LogP contribution >= 0.6 is 21.6 Å². The van der Waals surface area contributed by atoms with Crippen LogP contribution in [0.25, 0.3) is 0 Å². The molecule has 0 bridgehead atoms. The van der Waals surface area contributed by atoms with Crippen LogP contribution in [0.4, 0.5) is 0 Å². The van der Waals surface area contributed by atoms with Gasteiger partial charge in [-0.1, -0.05) is 21.6 Å². The highest BCUT2D eigenvalue weighted by atomic mass is 33.1. The Labute approximate surface area is 139 Å². The number of nitrogens with zero attached hydrogens (tertiary/aromatic N) is 1. The standard InChI is InChI=1S/C15H24N2O3S2/c1-10(2)17-11(3)9-13(12(17)4)15(20)16-6-8-22-21-7-5-14(18)19/h9-10H,5-8H2,1-4H3,(H,16,20)(H,18,19). The van der Waals surface area contributed by atoms with Gasteiger partial charge in [0.15, 0.2) is 0 Å². The molecule has 1 amide bonds. The van der Waals surface area contributed by atoms with Crippen molar-refractivity contribution in [2.75, 3.05) is 18.1 Å². The van der Waals surface area contributed by atoms with Gasteiger partial charge in [-0.15, -0.1) is 0 Å². The first-order valence-corrected chi connectivity index (χ1v) is 9.76. The summed E-state index contributed by atoms with van der Waals surface area (Å²) < 4.78 is 2.16. The summed E-state index contributed by atoms with van der Waals surface area (Å²) in [5.74, 6) is 0.528. The van der Waals surface area contributed by atoms with Gasteiger partial charge in [-0.3, -0.25) is 9.59 Å². The van der Waals surface area contributed by atoms with Gasteiger partial charge in [0.05, 0.1) is 12.0 Å². The second kappa shape index (κ2) is 9.15. The smallest absolute Gasteiger partial charge is 0.304 e. The first-order valence-electron chi connectivity index (χ1n) is 7.27. The van der Waals surface area contributed by atoms with E-state index in [1.165, 1.54) is 10.8 Å². The molecule has 2 N–H and O–H groups in total. The van der Waals surface area contributed by atoms with Crippen LogP contribution in [-0.2, 0) is 4.79 Å². The number of nitrogens with one attached hydrogen (secondary N) is 1. The molecule has 0 unspecified atom stereocenters. The topological polar surface area (TPSA) is 71.3 Å². The molecule has 5 nitrogen and oxygen atoms in total. The van der Waals surface area contributed by atoms with Crippen molar-refractivity contribution in [3.8, 4) is 0 Å². The van der Waals surface area contributed by atoms with E-state index >= 15 is 0 Å². The third kappa shape index (κ3) is 5.61. The highest BCUT2D eigenvalue weighted by molar-refractivity contribution is 8.76. The predicted molar refractivity (Wildman–Crippen MR) is 93.8 cm³/mol. The van der Waals surface area contributed by atoms with Crippen LogP contribution in [0.1, 0.15) is 48.1 Å². The average molecular weight is 345 g/mol. The normalized spacial score (nSPS) is 11.0. The van der Waals surface area contributed by atoms with Crippen molar-refractivity contribution in [1.29, 1.82) is 0 Å². The predicted octanol–water partition coefficient (Wildman–Crippen LogP) is 3.27. The van der Waals surface area contributed by atoms with Gasteiger partial charge in [-0.2, -0.15) is 0 Å². The molecule has 0 fully saturated rings. The number of aliphatic carboxylic acids is 1. The highest BCUT2D eigenvalue weighted by Crippen LogP contribution is 2.22. The number of carbonyl (C=O) groups is 2. The Morgan fingerprint density at radius 1 is 1.27 bits per heavy atom. The quantitative estimate of drug-likeness (QED) is 0.531. The van der Waals surface area contributed by atoms with Crippen molar-refractivity contribution in [3.63, 3.8) is 0 Å². The zero-order chi connectivity index (χ0) is 16.7. The second-order valence-electron chi connectivity index (χ2n) is 5.29. The van der Waals surface area contributed by atoms with Gasteiger partial charge in [0.1, 0.15) is 0 Å². The molecule has 0 atom stereocenters. The summed E-state index contributed by atoms with van der Waals surface area (Å²) in [6.07, 6.45) is 0.172. The van der Waals surface area contributed by atoms with Crippen molar-refractivity contribution >= 4 is 33.5 Å². The number of carbonyl (C=O) groups excluding carboxylic acids is 1. The molecule has 1 heterocycles. The highest BCUT2D eigenvalue weighted by Gasteiger charge is 2.16. The number of carboxylic acid groups (broad SMARTS) is 1. The van der Waals surface area contributed by atoms with Crippen LogP contribution in [0, 0.1) is 13.8 Å². The van der Waals surface area contributed by atoms with Crippen molar-refractivity contribution in [1.82, 2.24) is 9.88 Å². The van der Waals surface area contributed by atoms with Gasteiger partial charge in [-0.25, -0.2) is 0 Å². The maximum absolute atomic E-state index is 12.2. The third-order valence-electron chi connectivity index (χ3n) is 3.20. The van der Waals surface area contributed by atoms with E-state index in [9.17, 15) is 9.59 Å². The minimum atomic E-state index is -0.776. The number of hydrogen-bond acceptors (Lipinski definition) is 4. The first-order chi connectivity index (χ1) is 10.3. The van der Waals surface area contributed by atoms with E-state index in [2.05, 4.69) is 23.7 Å². The molecule has 124 valence electrons.